The summed E-state index contributed by atoms with van der Waals surface area (Å²) in [6, 6.07) is 4.39. The molecule has 1 rings (SSSR count). The Balaban J connectivity index is 3.01. The van der Waals surface area contributed by atoms with Crippen LogP contribution in [0.25, 0.3) is 0 Å². The van der Waals surface area contributed by atoms with E-state index in [1.165, 1.54) is 12.1 Å². The molecule has 0 heterocycles. The third-order valence-corrected chi connectivity index (χ3v) is 1.89. The molecule has 13 heavy (non-hydrogen) atoms. The number of rotatable bonds is 1. The molecule has 0 N–H and O–H groups in total. The largest absolute Gasteiger partial charge is 0.416 e. The SMILES string of the molecule is FC(F)(F)c1ccc(C(=S)Cl)cc1. The predicted octanol–water partition coefficient (Wildman–Crippen LogP) is 3.62. The van der Waals surface area contributed by atoms with E-state index in [0.717, 1.165) is 12.1 Å². The molecule has 0 unspecified atom stereocenters. The van der Waals surface area contributed by atoms with Gasteiger partial charge in [0.25, 0.3) is 0 Å². The first kappa shape index (κ1) is 10.5. The highest BCUT2D eigenvalue weighted by molar-refractivity contribution is 7.83. The Kier molecular flexibility index (Phi) is 2.93. The van der Waals surface area contributed by atoms with E-state index in [1.54, 1.807) is 0 Å². The van der Waals surface area contributed by atoms with Crippen LogP contribution >= 0.6 is 23.8 Å². The van der Waals surface area contributed by atoms with Crippen molar-refractivity contribution in [3.05, 3.63) is 35.4 Å². The van der Waals surface area contributed by atoms with Gasteiger partial charge in [-0.05, 0) is 12.1 Å². The smallest absolute Gasteiger partial charge is 0.166 e. The molecule has 0 saturated heterocycles. The topological polar surface area (TPSA) is 0 Å². The maximum absolute atomic E-state index is 12.1. The summed E-state index contributed by atoms with van der Waals surface area (Å²) in [4.78, 5) is 0. The molecule has 0 radical (unpaired) electrons. The Morgan fingerprint density at radius 2 is 1.62 bits per heavy atom. The van der Waals surface area contributed by atoms with E-state index in [2.05, 4.69) is 12.2 Å². The number of hydrogen-bond donors (Lipinski definition) is 0. The molecular weight excluding hydrogens is 221 g/mol. The van der Waals surface area contributed by atoms with Gasteiger partial charge in [-0.2, -0.15) is 13.2 Å². The van der Waals surface area contributed by atoms with Crippen molar-refractivity contribution in [2.45, 2.75) is 6.18 Å². The van der Waals surface area contributed by atoms with Crippen LogP contribution in [0.1, 0.15) is 11.1 Å². The minimum absolute atomic E-state index is 0.0636. The van der Waals surface area contributed by atoms with Crippen molar-refractivity contribution in [3.8, 4) is 0 Å². The van der Waals surface area contributed by atoms with Gasteiger partial charge in [0.05, 0.1) is 5.56 Å². The van der Waals surface area contributed by atoms with Crippen molar-refractivity contribution in [3.63, 3.8) is 0 Å². The molecule has 0 amide bonds. The van der Waals surface area contributed by atoms with Crippen LogP contribution in [-0.2, 0) is 6.18 Å². The van der Waals surface area contributed by atoms with Gasteiger partial charge in [-0.1, -0.05) is 36.0 Å². The zero-order valence-electron chi connectivity index (χ0n) is 6.23. The van der Waals surface area contributed by atoms with Gasteiger partial charge >= 0.3 is 6.18 Å². The van der Waals surface area contributed by atoms with Crippen LogP contribution in [0.5, 0.6) is 0 Å². The summed E-state index contributed by atoms with van der Waals surface area (Å²) >= 11 is 10.0. The zero-order chi connectivity index (χ0) is 10.1. The van der Waals surface area contributed by atoms with Crippen LogP contribution in [0.15, 0.2) is 24.3 Å². The van der Waals surface area contributed by atoms with Gasteiger partial charge in [0, 0.05) is 5.56 Å². The Bertz CT molecular complexity index is 315. The van der Waals surface area contributed by atoms with Gasteiger partial charge in [-0.15, -0.1) is 0 Å². The van der Waals surface area contributed by atoms with Crippen molar-refractivity contribution in [2.24, 2.45) is 0 Å². The fourth-order valence-electron chi connectivity index (χ4n) is 0.790. The highest BCUT2D eigenvalue weighted by Crippen LogP contribution is 2.29. The molecule has 0 nitrogen and oxygen atoms in total. The zero-order valence-corrected chi connectivity index (χ0v) is 7.80. The molecule has 1 aromatic carbocycles. The maximum atomic E-state index is 12.1. The molecule has 70 valence electrons. The summed E-state index contributed by atoms with van der Waals surface area (Å²) < 4.78 is 36.2. The molecule has 0 fully saturated rings. The van der Waals surface area contributed by atoms with Crippen LogP contribution in [-0.4, -0.2) is 4.32 Å². The average Bonchev–Trinajstić information content (AvgIpc) is 2.03. The first-order valence-corrected chi connectivity index (χ1v) is 4.07. The van der Waals surface area contributed by atoms with Crippen molar-refractivity contribution in [2.75, 3.05) is 0 Å². The molecule has 0 bridgehead atoms. The Hall–Kier alpha value is -0.610. The van der Waals surface area contributed by atoms with Gasteiger partial charge in [0.1, 0.15) is 4.32 Å². The normalized spacial score (nSPS) is 11.4. The van der Waals surface area contributed by atoms with E-state index >= 15 is 0 Å². The lowest BCUT2D eigenvalue weighted by Crippen LogP contribution is -2.04. The van der Waals surface area contributed by atoms with Crippen molar-refractivity contribution in [1.29, 1.82) is 0 Å². The van der Waals surface area contributed by atoms with Gasteiger partial charge in [-0.25, -0.2) is 0 Å². The van der Waals surface area contributed by atoms with E-state index in [1.807, 2.05) is 0 Å². The highest BCUT2D eigenvalue weighted by atomic mass is 35.5. The van der Waals surface area contributed by atoms with Gasteiger partial charge in [0.2, 0.25) is 0 Å². The Morgan fingerprint density at radius 3 is 1.92 bits per heavy atom. The molecule has 0 spiro atoms. The predicted molar refractivity (Wildman–Crippen MR) is 49.0 cm³/mol. The summed E-state index contributed by atoms with van der Waals surface area (Å²) in [5.41, 5.74) is -0.283. The van der Waals surface area contributed by atoms with Crippen molar-refractivity contribution >= 4 is 28.1 Å². The molecule has 0 atom stereocenters. The molecule has 0 aliphatic heterocycles. The molecule has 5 heteroatoms. The Morgan fingerprint density at radius 1 is 1.15 bits per heavy atom. The summed E-state index contributed by atoms with van der Waals surface area (Å²) in [5, 5.41) is 0. The average molecular weight is 225 g/mol. The highest BCUT2D eigenvalue weighted by Gasteiger charge is 2.29. The molecule has 0 aliphatic carbocycles. The summed E-state index contributed by atoms with van der Waals surface area (Å²) in [5.74, 6) is 0. The monoisotopic (exact) mass is 224 g/mol. The molecule has 1 aromatic rings. The minimum Gasteiger partial charge on any atom is -0.166 e. The minimum atomic E-state index is -4.31. The Labute approximate surface area is 83.3 Å². The summed E-state index contributed by atoms with van der Waals surface area (Å²) in [6.07, 6.45) is -4.31. The number of hydrogen-bond acceptors (Lipinski definition) is 1. The fraction of sp³-hybridized carbons (Fsp3) is 0.125. The summed E-state index contributed by atoms with van der Waals surface area (Å²) in [6.45, 7) is 0. The first-order valence-electron chi connectivity index (χ1n) is 3.28. The molecular formula is C8H4ClF3S. The summed E-state index contributed by atoms with van der Waals surface area (Å²) in [7, 11) is 0. The van der Waals surface area contributed by atoms with Crippen LogP contribution in [0.2, 0.25) is 0 Å². The third kappa shape index (κ3) is 2.67. The lowest BCUT2D eigenvalue weighted by atomic mass is 10.1. The van der Waals surface area contributed by atoms with E-state index in [0.29, 0.717) is 5.56 Å². The molecule has 0 aromatic heterocycles. The van der Waals surface area contributed by atoms with Crippen molar-refractivity contribution < 1.29 is 13.2 Å². The van der Waals surface area contributed by atoms with Crippen molar-refractivity contribution in [1.82, 2.24) is 0 Å². The lowest BCUT2D eigenvalue weighted by Gasteiger charge is -2.06. The second-order valence-corrected chi connectivity index (χ2v) is 3.36. The van der Waals surface area contributed by atoms with E-state index in [4.69, 9.17) is 11.6 Å². The molecule has 0 saturated carbocycles. The number of thiocarbonyl (C=S) groups is 1. The maximum Gasteiger partial charge on any atom is 0.416 e. The van der Waals surface area contributed by atoms with Crippen LogP contribution in [0.4, 0.5) is 13.2 Å². The third-order valence-electron chi connectivity index (χ3n) is 1.44. The van der Waals surface area contributed by atoms with Gasteiger partial charge in [0.15, 0.2) is 0 Å². The van der Waals surface area contributed by atoms with Gasteiger partial charge < -0.3 is 0 Å². The number of alkyl halides is 3. The first-order chi connectivity index (χ1) is 5.91. The van der Waals surface area contributed by atoms with Gasteiger partial charge in [-0.3, -0.25) is 0 Å². The second-order valence-electron chi connectivity index (χ2n) is 2.35. The van der Waals surface area contributed by atoms with E-state index in [9.17, 15) is 13.2 Å². The van der Waals surface area contributed by atoms with Crippen LogP contribution in [0, 0.1) is 0 Å². The second kappa shape index (κ2) is 3.64. The van der Waals surface area contributed by atoms with Crippen LogP contribution in [0.3, 0.4) is 0 Å². The quantitative estimate of drug-likeness (QED) is 0.519. The lowest BCUT2D eigenvalue weighted by molar-refractivity contribution is -0.137. The van der Waals surface area contributed by atoms with Crippen LogP contribution < -0.4 is 0 Å². The number of benzene rings is 1. The standard InChI is InChI=1S/C8H4ClF3S/c9-7(13)5-1-3-6(4-2-5)8(10,11)12/h1-4H. The fourth-order valence-corrected chi connectivity index (χ4v) is 1.05. The van der Waals surface area contributed by atoms with E-state index < -0.39 is 11.7 Å². The number of halogens is 4. The molecule has 0 aliphatic rings. The van der Waals surface area contributed by atoms with E-state index in [-0.39, 0.29) is 4.32 Å².